The molecule has 16 heavy (non-hydrogen) atoms. The van der Waals surface area contributed by atoms with Crippen LogP contribution in [-0.4, -0.2) is 20.8 Å². The quantitative estimate of drug-likeness (QED) is 0.851. The van der Waals surface area contributed by atoms with E-state index in [1.54, 1.807) is 0 Å². The van der Waals surface area contributed by atoms with E-state index in [0.717, 1.165) is 37.9 Å². The molecule has 2 atom stereocenters. The monoisotopic (exact) mass is 224 g/mol. The first-order valence-electron chi connectivity index (χ1n) is 6.15. The summed E-state index contributed by atoms with van der Waals surface area (Å²) in [5, 5.41) is 14.2. The molecule has 1 fully saturated rings. The van der Waals surface area contributed by atoms with Crippen LogP contribution in [0.5, 0.6) is 0 Å². The number of aryl methyl sites for hydroxylation is 1. The van der Waals surface area contributed by atoms with E-state index in [1.165, 1.54) is 0 Å². The van der Waals surface area contributed by atoms with Crippen LogP contribution < -0.4 is 0 Å². The van der Waals surface area contributed by atoms with E-state index in [4.69, 9.17) is 4.52 Å². The van der Waals surface area contributed by atoms with Crippen molar-refractivity contribution >= 4 is 0 Å². The normalized spacial score (nSPS) is 29.8. The minimum Gasteiger partial charge on any atom is -0.389 e. The molecule has 1 heterocycles. The summed E-state index contributed by atoms with van der Waals surface area (Å²) in [6.45, 7) is 4.26. The van der Waals surface area contributed by atoms with Crippen molar-refractivity contribution in [1.29, 1.82) is 0 Å². The second kappa shape index (κ2) is 4.53. The molecule has 90 valence electrons. The fourth-order valence-electron chi connectivity index (χ4n) is 2.50. The average Bonchev–Trinajstić information content (AvgIpc) is 2.75. The molecule has 4 heteroatoms. The molecule has 0 spiro atoms. The molecule has 2 rings (SSSR count). The number of hydrogen-bond acceptors (Lipinski definition) is 4. The van der Waals surface area contributed by atoms with Gasteiger partial charge >= 0.3 is 0 Å². The maximum atomic E-state index is 10.3. The van der Waals surface area contributed by atoms with Crippen LogP contribution in [0, 0.1) is 5.92 Å². The van der Waals surface area contributed by atoms with Crippen LogP contribution in [0.4, 0.5) is 0 Å². The summed E-state index contributed by atoms with van der Waals surface area (Å²) in [6, 6.07) is 0. The summed E-state index contributed by atoms with van der Waals surface area (Å²) in [6.07, 6.45) is 5.15. The summed E-state index contributed by atoms with van der Waals surface area (Å²) < 4.78 is 5.16. The SMILES string of the molecule is CCCc1noc(C[C@]2(O)CC[C@@H](C)C2)n1. The highest BCUT2D eigenvalue weighted by Gasteiger charge is 2.36. The van der Waals surface area contributed by atoms with Crippen molar-refractivity contribution in [3.63, 3.8) is 0 Å². The number of nitrogens with zero attached hydrogens (tertiary/aromatic N) is 2. The fourth-order valence-corrected chi connectivity index (χ4v) is 2.50. The Bertz CT molecular complexity index is 351. The summed E-state index contributed by atoms with van der Waals surface area (Å²) in [5.41, 5.74) is -0.616. The molecule has 1 saturated carbocycles. The molecule has 1 aliphatic rings. The molecule has 4 nitrogen and oxygen atoms in total. The van der Waals surface area contributed by atoms with Gasteiger partial charge in [0.25, 0.3) is 0 Å². The first-order valence-corrected chi connectivity index (χ1v) is 6.15. The van der Waals surface area contributed by atoms with Gasteiger partial charge < -0.3 is 9.63 Å². The lowest BCUT2D eigenvalue weighted by molar-refractivity contribution is 0.0368. The van der Waals surface area contributed by atoms with Crippen molar-refractivity contribution < 1.29 is 9.63 Å². The van der Waals surface area contributed by atoms with Crippen LogP contribution in [0.3, 0.4) is 0 Å². The lowest BCUT2D eigenvalue weighted by atomic mass is 9.97. The van der Waals surface area contributed by atoms with Gasteiger partial charge in [0.15, 0.2) is 5.82 Å². The highest BCUT2D eigenvalue weighted by Crippen LogP contribution is 2.36. The molecule has 0 aliphatic heterocycles. The Balaban J connectivity index is 1.97. The summed E-state index contributed by atoms with van der Waals surface area (Å²) in [7, 11) is 0. The molecule has 1 aromatic rings. The Morgan fingerprint density at radius 3 is 3.00 bits per heavy atom. The summed E-state index contributed by atoms with van der Waals surface area (Å²) >= 11 is 0. The Morgan fingerprint density at radius 1 is 1.56 bits per heavy atom. The molecule has 0 radical (unpaired) electrons. The Hall–Kier alpha value is -0.900. The van der Waals surface area contributed by atoms with Gasteiger partial charge in [0, 0.05) is 6.42 Å². The highest BCUT2D eigenvalue weighted by molar-refractivity contribution is 4.97. The fraction of sp³-hybridized carbons (Fsp3) is 0.833. The minimum absolute atomic E-state index is 0.508. The van der Waals surface area contributed by atoms with Crippen molar-refractivity contribution in [3.8, 4) is 0 Å². The molecule has 0 aromatic carbocycles. The van der Waals surface area contributed by atoms with Gasteiger partial charge in [-0.1, -0.05) is 19.0 Å². The third-order valence-electron chi connectivity index (χ3n) is 3.29. The van der Waals surface area contributed by atoms with Gasteiger partial charge in [-0.2, -0.15) is 4.98 Å². The van der Waals surface area contributed by atoms with Crippen molar-refractivity contribution in [2.24, 2.45) is 5.92 Å². The maximum Gasteiger partial charge on any atom is 0.229 e. The zero-order valence-corrected chi connectivity index (χ0v) is 10.1. The van der Waals surface area contributed by atoms with Crippen molar-refractivity contribution in [3.05, 3.63) is 11.7 Å². The molecular weight excluding hydrogens is 204 g/mol. The Kier molecular flexibility index (Phi) is 3.28. The van der Waals surface area contributed by atoms with E-state index < -0.39 is 5.60 Å². The second-order valence-electron chi connectivity index (χ2n) is 5.10. The number of aromatic nitrogens is 2. The van der Waals surface area contributed by atoms with E-state index in [-0.39, 0.29) is 0 Å². The van der Waals surface area contributed by atoms with Crippen molar-refractivity contribution in [2.75, 3.05) is 0 Å². The van der Waals surface area contributed by atoms with Crippen LogP contribution in [0.15, 0.2) is 4.52 Å². The zero-order valence-electron chi connectivity index (χ0n) is 10.1. The van der Waals surface area contributed by atoms with Crippen LogP contribution >= 0.6 is 0 Å². The van der Waals surface area contributed by atoms with Gasteiger partial charge in [-0.3, -0.25) is 0 Å². The van der Waals surface area contributed by atoms with Crippen LogP contribution in [0.1, 0.15) is 51.2 Å². The zero-order chi connectivity index (χ0) is 11.6. The molecule has 0 unspecified atom stereocenters. The van der Waals surface area contributed by atoms with Gasteiger partial charge in [-0.05, 0) is 31.6 Å². The molecule has 1 aromatic heterocycles. The van der Waals surface area contributed by atoms with Crippen molar-refractivity contribution in [2.45, 2.75) is 58.0 Å². The minimum atomic E-state index is -0.616. The smallest absolute Gasteiger partial charge is 0.229 e. The lowest BCUT2D eigenvalue weighted by Gasteiger charge is -2.19. The number of rotatable bonds is 4. The largest absolute Gasteiger partial charge is 0.389 e. The average molecular weight is 224 g/mol. The second-order valence-corrected chi connectivity index (χ2v) is 5.10. The first kappa shape index (κ1) is 11.6. The van der Waals surface area contributed by atoms with E-state index >= 15 is 0 Å². The predicted octanol–water partition coefficient (Wildman–Crippen LogP) is 2.12. The van der Waals surface area contributed by atoms with Gasteiger partial charge in [0.1, 0.15) is 0 Å². The summed E-state index contributed by atoms with van der Waals surface area (Å²) in [4.78, 5) is 4.30. The lowest BCUT2D eigenvalue weighted by Crippen LogP contribution is -2.27. The van der Waals surface area contributed by atoms with Crippen LogP contribution in [0.25, 0.3) is 0 Å². The summed E-state index contributed by atoms with van der Waals surface area (Å²) in [5.74, 6) is 1.94. The Morgan fingerprint density at radius 2 is 2.38 bits per heavy atom. The predicted molar refractivity (Wildman–Crippen MR) is 60.0 cm³/mol. The van der Waals surface area contributed by atoms with Gasteiger partial charge in [0.05, 0.1) is 12.0 Å². The van der Waals surface area contributed by atoms with E-state index in [2.05, 4.69) is 24.0 Å². The molecule has 0 amide bonds. The van der Waals surface area contributed by atoms with Gasteiger partial charge in [-0.15, -0.1) is 0 Å². The van der Waals surface area contributed by atoms with Gasteiger partial charge in [-0.25, -0.2) is 0 Å². The van der Waals surface area contributed by atoms with E-state index in [0.29, 0.717) is 18.2 Å². The third kappa shape index (κ3) is 2.61. The van der Waals surface area contributed by atoms with Gasteiger partial charge in [0.2, 0.25) is 5.89 Å². The third-order valence-corrected chi connectivity index (χ3v) is 3.29. The number of hydrogen-bond donors (Lipinski definition) is 1. The first-order chi connectivity index (χ1) is 7.61. The van der Waals surface area contributed by atoms with Crippen molar-refractivity contribution in [1.82, 2.24) is 10.1 Å². The molecule has 0 bridgehead atoms. The van der Waals surface area contributed by atoms with Crippen LogP contribution in [0.2, 0.25) is 0 Å². The van der Waals surface area contributed by atoms with E-state index in [9.17, 15) is 5.11 Å². The topological polar surface area (TPSA) is 59.2 Å². The molecule has 0 saturated heterocycles. The standard InChI is InChI=1S/C12H20N2O2/c1-3-4-10-13-11(16-14-10)8-12(15)6-5-9(2)7-12/h9,15H,3-8H2,1-2H3/t9-,12+/m1/s1. The highest BCUT2D eigenvalue weighted by atomic mass is 16.5. The van der Waals surface area contributed by atoms with E-state index in [1.807, 2.05) is 0 Å². The molecule has 1 N–H and O–H groups in total. The number of aliphatic hydroxyl groups is 1. The van der Waals surface area contributed by atoms with Crippen LogP contribution in [-0.2, 0) is 12.8 Å². The Labute approximate surface area is 96.1 Å². The molecule has 1 aliphatic carbocycles. The maximum absolute atomic E-state index is 10.3. The molecular formula is C12H20N2O2.